The largest absolute Gasteiger partial charge is 0.497 e. The Kier molecular flexibility index (Phi) is 4.20. The molecule has 2 aromatic rings. The molecule has 20 heavy (non-hydrogen) atoms. The van der Waals surface area contributed by atoms with Crippen LogP contribution in [0.5, 0.6) is 5.75 Å². The maximum Gasteiger partial charge on any atom is 0.251 e. The summed E-state index contributed by atoms with van der Waals surface area (Å²) in [4.78, 5) is 23.0. The van der Waals surface area contributed by atoms with E-state index in [0.717, 1.165) is 16.5 Å². The topological polar surface area (TPSA) is 67.4 Å². The number of benzene rings is 2. The fourth-order valence-electron chi connectivity index (χ4n) is 1.84. The van der Waals surface area contributed by atoms with Crippen LogP contribution in [0, 0.1) is 0 Å². The lowest BCUT2D eigenvalue weighted by Crippen LogP contribution is -2.35. The van der Waals surface area contributed by atoms with Gasteiger partial charge in [0.15, 0.2) is 0 Å². The highest BCUT2D eigenvalue weighted by atomic mass is 16.5. The van der Waals surface area contributed by atoms with E-state index < -0.39 is 0 Å². The standard InChI is InChI=1S/C15H16N2O3/c1-16-14(18)9-17-15(19)12-4-3-11-8-13(20-2)6-5-10(11)7-12/h3-8H,9H2,1-2H3,(H,16,18)(H,17,19). The first-order valence-electron chi connectivity index (χ1n) is 6.20. The van der Waals surface area contributed by atoms with Crippen molar-refractivity contribution in [1.82, 2.24) is 10.6 Å². The van der Waals surface area contributed by atoms with Gasteiger partial charge in [0, 0.05) is 12.6 Å². The monoisotopic (exact) mass is 272 g/mol. The number of nitrogens with one attached hydrogen (secondary N) is 2. The van der Waals surface area contributed by atoms with Crippen molar-refractivity contribution in [3.63, 3.8) is 0 Å². The van der Waals surface area contributed by atoms with Crippen LogP contribution in [0.2, 0.25) is 0 Å². The van der Waals surface area contributed by atoms with Crippen molar-refractivity contribution in [3.8, 4) is 5.75 Å². The van der Waals surface area contributed by atoms with Crippen LogP contribution in [0.25, 0.3) is 10.8 Å². The molecule has 2 N–H and O–H groups in total. The van der Waals surface area contributed by atoms with Crippen molar-refractivity contribution in [2.45, 2.75) is 0 Å². The van der Waals surface area contributed by atoms with Gasteiger partial charge in [-0.3, -0.25) is 9.59 Å². The molecule has 0 unspecified atom stereocenters. The first-order chi connectivity index (χ1) is 9.63. The summed E-state index contributed by atoms with van der Waals surface area (Å²) in [7, 11) is 3.14. The third-order valence-electron chi connectivity index (χ3n) is 3.00. The molecule has 0 bridgehead atoms. The molecule has 0 saturated heterocycles. The molecule has 0 saturated carbocycles. The molecular weight excluding hydrogens is 256 g/mol. The fourth-order valence-corrected chi connectivity index (χ4v) is 1.84. The molecule has 0 aliphatic heterocycles. The van der Waals surface area contributed by atoms with E-state index in [1.165, 1.54) is 7.05 Å². The molecule has 0 aliphatic carbocycles. The van der Waals surface area contributed by atoms with Crippen LogP contribution in [-0.2, 0) is 4.79 Å². The molecule has 5 heteroatoms. The SMILES string of the molecule is CNC(=O)CNC(=O)c1ccc2cc(OC)ccc2c1. The highest BCUT2D eigenvalue weighted by molar-refractivity contribution is 6.00. The van der Waals surface area contributed by atoms with Crippen molar-refractivity contribution in [3.05, 3.63) is 42.0 Å². The van der Waals surface area contributed by atoms with E-state index in [9.17, 15) is 9.59 Å². The molecule has 2 rings (SSSR count). The minimum absolute atomic E-state index is 0.0318. The van der Waals surface area contributed by atoms with Crippen LogP contribution in [0.3, 0.4) is 0 Å². The summed E-state index contributed by atoms with van der Waals surface area (Å²) in [6.45, 7) is -0.0318. The Morgan fingerprint density at radius 2 is 1.80 bits per heavy atom. The van der Waals surface area contributed by atoms with Crippen LogP contribution in [0.1, 0.15) is 10.4 Å². The van der Waals surface area contributed by atoms with Crippen molar-refractivity contribution >= 4 is 22.6 Å². The van der Waals surface area contributed by atoms with Crippen LogP contribution in [-0.4, -0.2) is 32.5 Å². The van der Waals surface area contributed by atoms with Gasteiger partial charge in [-0.05, 0) is 35.0 Å². The number of amides is 2. The summed E-state index contributed by atoms with van der Waals surface area (Å²) < 4.78 is 5.15. The van der Waals surface area contributed by atoms with Crippen molar-refractivity contribution < 1.29 is 14.3 Å². The Morgan fingerprint density at radius 1 is 1.10 bits per heavy atom. The molecule has 5 nitrogen and oxygen atoms in total. The molecule has 0 radical (unpaired) electrons. The van der Waals surface area contributed by atoms with Crippen LogP contribution < -0.4 is 15.4 Å². The van der Waals surface area contributed by atoms with E-state index >= 15 is 0 Å². The van der Waals surface area contributed by atoms with Gasteiger partial charge in [-0.2, -0.15) is 0 Å². The molecular formula is C15H16N2O3. The van der Waals surface area contributed by atoms with Crippen molar-refractivity contribution in [2.75, 3.05) is 20.7 Å². The number of ether oxygens (including phenoxy) is 1. The fraction of sp³-hybridized carbons (Fsp3) is 0.200. The number of carbonyl (C=O) groups is 2. The number of carbonyl (C=O) groups excluding carboxylic acids is 2. The molecule has 0 heterocycles. The molecule has 0 aliphatic rings. The van der Waals surface area contributed by atoms with Crippen molar-refractivity contribution in [1.29, 1.82) is 0 Å². The molecule has 0 aromatic heterocycles. The second kappa shape index (κ2) is 6.06. The average Bonchev–Trinajstić information content (AvgIpc) is 2.50. The van der Waals surface area contributed by atoms with Gasteiger partial charge in [0.2, 0.25) is 5.91 Å². The van der Waals surface area contributed by atoms with E-state index in [0.29, 0.717) is 5.56 Å². The molecule has 0 spiro atoms. The van der Waals surface area contributed by atoms with Gasteiger partial charge in [-0.15, -0.1) is 0 Å². The molecule has 104 valence electrons. The van der Waals surface area contributed by atoms with Gasteiger partial charge < -0.3 is 15.4 Å². The van der Waals surface area contributed by atoms with Gasteiger partial charge in [0.25, 0.3) is 5.91 Å². The molecule has 0 atom stereocenters. The summed E-state index contributed by atoms with van der Waals surface area (Å²) in [5.74, 6) is 0.268. The average molecular weight is 272 g/mol. The number of methoxy groups -OCH3 is 1. The van der Waals surface area contributed by atoms with Gasteiger partial charge >= 0.3 is 0 Å². The Morgan fingerprint density at radius 3 is 2.50 bits per heavy atom. The first-order valence-corrected chi connectivity index (χ1v) is 6.20. The zero-order valence-corrected chi connectivity index (χ0v) is 11.4. The minimum atomic E-state index is -0.272. The lowest BCUT2D eigenvalue weighted by Gasteiger charge is -2.06. The highest BCUT2D eigenvalue weighted by Crippen LogP contribution is 2.21. The summed E-state index contributed by atoms with van der Waals surface area (Å²) >= 11 is 0. The minimum Gasteiger partial charge on any atom is -0.497 e. The first kappa shape index (κ1) is 13.9. The number of hydrogen-bond donors (Lipinski definition) is 2. The van der Waals surface area contributed by atoms with Gasteiger partial charge in [0.05, 0.1) is 13.7 Å². The quantitative estimate of drug-likeness (QED) is 0.882. The summed E-state index contributed by atoms with van der Waals surface area (Å²) in [5.41, 5.74) is 0.520. The lowest BCUT2D eigenvalue weighted by atomic mass is 10.1. The predicted octanol–water partition coefficient (Wildman–Crippen LogP) is 1.32. The van der Waals surface area contributed by atoms with E-state index in [4.69, 9.17) is 4.74 Å². The second-order valence-electron chi connectivity index (χ2n) is 4.28. The van der Waals surface area contributed by atoms with Gasteiger partial charge in [0.1, 0.15) is 5.75 Å². The number of rotatable bonds is 4. The molecule has 2 amide bonds. The number of likely N-dealkylation sites (N-methyl/N-ethyl adjacent to an activating group) is 1. The number of fused-ring (bicyclic) bond motifs is 1. The zero-order valence-electron chi connectivity index (χ0n) is 11.4. The van der Waals surface area contributed by atoms with E-state index in [1.807, 2.05) is 24.3 Å². The Labute approximate surface area is 116 Å². The molecule has 0 fully saturated rings. The van der Waals surface area contributed by atoms with E-state index in [-0.39, 0.29) is 18.4 Å². The Hall–Kier alpha value is -2.56. The summed E-state index contributed by atoms with van der Waals surface area (Å²) in [5, 5.41) is 6.94. The lowest BCUT2D eigenvalue weighted by molar-refractivity contribution is -0.119. The Bertz CT molecular complexity index is 653. The second-order valence-corrected chi connectivity index (χ2v) is 4.28. The van der Waals surface area contributed by atoms with Gasteiger partial charge in [-0.1, -0.05) is 12.1 Å². The summed E-state index contributed by atoms with van der Waals surface area (Å²) in [6.07, 6.45) is 0. The highest BCUT2D eigenvalue weighted by Gasteiger charge is 2.08. The van der Waals surface area contributed by atoms with E-state index in [2.05, 4.69) is 10.6 Å². The van der Waals surface area contributed by atoms with E-state index in [1.54, 1.807) is 19.2 Å². The smallest absolute Gasteiger partial charge is 0.251 e. The molecule has 2 aromatic carbocycles. The summed E-state index contributed by atoms with van der Waals surface area (Å²) in [6, 6.07) is 11.0. The zero-order chi connectivity index (χ0) is 14.5. The predicted molar refractivity (Wildman–Crippen MR) is 76.9 cm³/mol. The number of hydrogen-bond acceptors (Lipinski definition) is 3. The van der Waals surface area contributed by atoms with Crippen LogP contribution in [0.15, 0.2) is 36.4 Å². The third-order valence-corrected chi connectivity index (χ3v) is 3.00. The van der Waals surface area contributed by atoms with Crippen molar-refractivity contribution in [2.24, 2.45) is 0 Å². The third kappa shape index (κ3) is 3.06. The van der Waals surface area contributed by atoms with Crippen LogP contribution in [0.4, 0.5) is 0 Å². The maximum absolute atomic E-state index is 11.9. The van der Waals surface area contributed by atoms with Crippen LogP contribution >= 0.6 is 0 Å². The van der Waals surface area contributed by atoms with Gasteiger partial charge in [-0.25, -0.2) is 0 Å². The Balaban J connectivity index is 2.19. The normalized spacial score (nSPS) is 10.1. The maximum atomic E-state index is 11.9.